The van der Waals surface area contributed by atoms with Crippen LogP contribution in [0.2, 0.25) is 0 Å². The molecular weight excluding hydrogens is 1010 g/mol. The van der Waals surface area contributed by atoms with Gasteiger partial charge in [-0.1, -0.05) is 64.2 Å². The Bertz CT molecular complexity index is 2420. The lowest BCUT2D eigenvalue weighted by molar-refractivity contribution is -0.266. The number of fused-ring (bicyclic) bond motifs is 3. The van der Waals surface area contributed by atoms with Gasteiger partial charge in [-0.2, -0.15) is 0 Å². The van der Waals surface area contributed by atoms with Crippen molar-refractivity contribution in [3.05, 3.63) is 59.7 Å². The second-order valence-corrected chi connectivity index (χ2v) is 22.3. The van der Waals surface area contributed by atoms with E-state index in [2.05, 4.69) is 0 Å². The number of ketones is 3. The number of piperidine rings is 1. The number of hydrogen-bond acceptors (Lipinski definition) is 18. The minimum Gasteiger partial charge on any atom is -0.492 e. The van der Waals surface area contributed by atoms with Crippen molar-refractivity contribution in [2.24, 2.45) is 41.4 Å². The van der Waals surface area contributed by atoms with Gasteiger partial charge in [0.1, 0.15) is 24.4 Å². The Morgan fingerprint density at radius 2 is 1.53 bits per heavy atom. The van der Waals surface area contributed by atoms with E-state index in [9.17, 15) is 54.0 Å². The normalized spacial score (nSPS) is 35.2. The Labute approximate surface area is 457 Å². The van der Waals surface area contributed by atoms with Gasteiger partial charge < -0.3 is 58.6 Å². The Kier molecular flexibility index (Phi) is 21.8. The Hall–Kier alpha value is -5.51. The second kappa shape index (κ2) is 27.6. The van der Waals surface area contributed by atoms with E-state index >= 15 is 0 Å². The van der Waals surface area contributed by atoms with Gasteiger partial charge in [0.05, 0.1) is 37.3 Å². The van der Waals surface area contributed by atoms with E-state index < -0.39 is 132 Å². The van der Waals surface area contributed by atoms with E-state index in [1.54, 1.807) is 40.9 Å². The van der Waals surface area contributed by atoms with Crippen LogP contribution in [0.4, 0.5) is 0 Å². The minimum atomic E-state index is -2.50. The van der Waals surface area contributed by atoms with E-state index in [0.29, 0.717) is 62.5 Å². The Balaban J connectivity index is 1.27. The summed E-state index contributed by atoms with van der Waals surface area (Å²) in [6, 6.07) is 1.01. The van der Waals surface area contributed by atoms with Crippen molar-refractivity contribution < 1.29 is 87.2 Å². The molecule has 1 aromatic rings. The van der Waals surface area contributed by atoms with Crippen molar-refractivity contribution in [2.45, 2.75) is 180 Å². The third kappa shape index (κ3) is 14.8. The summed E-state index contributed by atoms with van der Waals surface area (Å²) in [6.45, 7) is 10.6. The molecule has 432 valence electrons. The molecule has 0 radical (unpaired) electrons. The maximum Gasteiger partial charge on any atom is 0.333 e. The highest BCUT2D eigenvalue weighted by Crippen LogP contribution is 2.46. The lowest BCUT2D eigenvalue weighted by atomic mass is 9.68. The van der Waals surface area contributed by atoms with Gasteiger partial charge >= 0.3 is 17.9 Å². The predicted octanol–water partition coefficient (Wildman–Crippen LogP) is 5.60. The number of aromatic hydroxyl groups is 2. The van der Waals surface area contributed by atoms with Gasteiger partial charge in [0, 0.05) is 76.5 Å². The first-order valence-electron chi connectivity index (χ1n) is 27.5. The molecule has 1 amide bonds. The smallest absolute Gasteiger partial charge is 0.333 e. The Morgan fingerprint density at radius 3 is 2.21 bits per heavy atom. The van der Waals surface area contributed by atoms with Crippen LogP contribution in [0.5, 0.6) is 11.8 Å². The van der Waals surface area contributed by atoms with Crippen LogP contribution in [0.3, 0.4) is 0 Å². The third-order valence-electron chi connectivity index (χ3n) is 16.7. The summed E-state index contributed by atoms with van der Waals surface area (Å²) in [4.78, 5) is 103. The van der Waals surface area contributed by atoms with Crippen LogP contribution in [-0.4, -0.2) is 154 Å². The van der Waals surface area contributed by atoms with Gasteiger partial charge in [-0.25, -0.2) is 9.59 Å². The van der Waals surface area contributed by atoms with Gasteiger partial charge in [-0.3, -0.25) is 24.0 Å². The number of hydrogen-bond donors (Lipinski definition) is 4. The summed E-state index contributed by atoms with van der Waals surface area (Å²) in [6.07, 6.45) is 8.21. The fourth-order valence-electron chi connectivity index (χ4n) is 12.1. The summed E-state index contributed by atoms with van der Waals surface area (Å²) in [5.41, 5.74) is 1.11. The number of allylic oxidation sites excluding steroid dienone is 6. The summed E-state index contributed by atoms with van der Waals surface area (Å²) < 4.78 is 36.1. The molecule has 16 atom stereocenters. The molecule has 1 aliphatic carbocycles. The summed E-state index contributed by atoms with van der Waals surface area (Å²) >= 11 is 0. The zero-order valence-electron chi connectivity index (χ0n) is 46.6. The number of ether oxygens (including phenoxy) is 6. The molecule has 78 heavy (non-hydrogen) atoms. The van der Waals surface area contributed by atoms with Crippen LogP contribution >= 0.6 is 0 Å². The monoisotopic (exact) mass is 1090 g/mol. The van der Waals surface area contributed by atoms with E-state index in [1.807, 2.05) is 44.2 Å². The average molecular weight is 1100 g/mol. The molecule has 2 unspecified atom stereocenters. The molecule has 6 rings (SSSR count). The molecule has 4 fully saturated rings. The number of nitrogens with zero attached hydrogens (tertiary/aromatic N) is 2. The minimum absolute atomic E-state index is 0.0126. The largest absolute Gasteiger partial charge is 0.492 e. The summed E-state index contributed by atoms with van der Waals surface area (Å²) in [5.74, 6) is -12.1. The maximum atomic E-state index is 14.6. The summed E-state index contributed by atoms with van der Waals surface area (Å²) in [7, 11) is 4.40. The molecule has 1 saturated carbocycles. The molecule has 6 bridgehead atoms. The fraction of sp³-hybridized carbons (Fsp3) is 0.672. The summed E-state index contributed by atoms with van der Waals surface area (Å²) in [5, 5.41) is 43.3. The van der Waals surface area contributed by atoms with Crippen LogP contribution in [0.1, 0.15) is 125 Å². The number of carbonyl (C=O) groups excluding carboxylic acids is 7. The molecule has 1 aromatic heterocycles. The number of esters is 2. The number of aliphatic hydroxyl groups is 2. The highest BCUT2D eigenvalue weighted by atomic mass is 16.7. The molecular formula is C58H82N2O18. The molecule has 20 heteroatoms. The van der Waals surface area contributed by atoms with Gasteiger partial charge in [-0.05, 0) is 101 Å². The zero-order chi connectivity index (χ0) is 57.2. The topological polar surface area (TPSA) is 273 Å². The number of methoxy groups -OCH3 is 3. The second-order valence-electron chi connectivity index (χ2n) is 22.3. The van der Waals surface area contributed by atoms with Gasteiger partial charge in [0.15, 0.2) is 11.6 Å². The quantitative estimate of drug-likeness (QED) is 0.164. The van der Waals surface area contributed by atoms with E-state index in [1.165, 1.54) is 19.1 Å². The number of aliphatic hydroxyl groups excluding tert-OH is 1. The molecule has 5 heterocycles. The maximum absolute atomic E-state index is 14.6. The van der Waals surface area contributed by atoms with Crippen LogP contribution in [0, 0.1) is 41.4 Å². The number of carbonyl (C=O) groups is 7. The number of rotatable bonds is 10. The van der Waals surface area contributed by atoms with E-state index in [4.69, 9.17) is 33.3 Å². The molecule has 20 nitrogen and oxygen atoms in total. The molecule has 0 aromatic carbocycles. The van der Waals surface area contributed by atoms with Crippen LogP contribution in [0.25, 0.3) is 0 Å². The molecule has 5 aliphatic rings. The third-order valence-corrected chi connectivity index (χ3v) is 16.7. The highest BCUT2D eigenvalue weighted by Gasteiger charge is 2.57. The lowest BCUT2D eigenvalue weighted by Crippen LogP contribution is -2.65. The number of Topliss-reactive ketones (excluding diaryl/α,β-unsaturated/α-hetero) is 3. The van der Waals surface area contributed by atoms with Crippen LogP contribution < -0.4 is 4.84 Å². The molecule has 4 N–H and O–H groups in total. The molecule has 0 spiro atoms. The number of amides is 1. The average Bonchev–Trinajstić information content (AvgIpc) is 3.80. The van der Waals surface area contributed by atoms with Gasteiger partial charge in [0.25, 0.3) is 11.7 Å². The highest BCUT2D eigenvalue weighted by molar-refractivity contribution is 6.39. The van der Waals surface area contributed by atoms with Crippen LogP contribution in [-0.2, 0) is 62.0 Å². The van der Waals surface area contributed by atoms with Crippen molar-refractivity contribution in [3.8, 4) is 11.8 Å². The van der Waals surface area contributed by atoms with E-state index in [-0.39, 0.29) is 54.8 Å². The zero-order valence-corrected chi connectivity index (χ0v) is 46.6. The first kappa shape index (κ1) is 61.7. The van der Waals surface area contributed by atoms with Crippen molar-refractivity contribution in [1.82, 2.24) is 9.63 Å². The van der Waals surface area contributed by atoms with Crippen molar-refractivity contribution in [1.29, 1.82) is 0 Å². The standard InChI is InChI=1S/C58H82N2O18/c1-32-14-11-10-12-15-33(2)44(72-7)30-39-19-17-37(6)58(71,77-39)55(68)56(69)59-25-13-16-40-41(28-38-18-20-43(46(29-38)73-8)75-49(64)23-24-50(65)78-60-47(62)21-22-48(60)63)45(76-57(70)51(40)59)31-42(61)34(3)27-36(5)53(67)54(74-9)52(66)35(4)26-32/h10-12,14-15,21-22,27,32,35-41,43-46,51,53-54,62-63,67,71H,13,16-20,23-26,28-31H2,1-9H3/t32-,35-,36?,37-,38+,39+,40?,41+,43-,44+,45+,46-,51+,53-,54+,58-/m1/s1. The lowest BCUT2D eigenvalue weighted by Gasteiger charge is -2.50. The first-order chi connectivity index (χ1) is 37.0. The first-order valence-corrected chi connectivity index (χ1v) is 27.5. The van der Waals surface area contributed by atoms with Crippen molar-refractivity contribution in [3.63, 3.8) is 0 Å². The van der Waals surface area contributed by atoms with Crippen molar-refractivity contribution >= 4 is 41.2 Å². The SMILES string of the molecule is CO[C@H]1C[C@@H]2CC[C@@H](C)[C@@](O)(O2)C(=O)C(=O)N2CCCC3[C@H]2C(=O)O[C@@H](CC(=O)C(C)=CC(C)[C@@H](O)[C@@H](OC)C(=O)[C@H](C)C[C@H](C)C=CC=CC=C1C)[C@H]3C[C@@H]1CC[C@@H](OC(=O)CCC(=O)On2c(O)ccc2O)[C@H](OC)C1. The van der Waals surface area contributed by atoms with Crippen molar-refractivity contribution in [2.75, 3.05) is 27.9 Å². The van der Waals surface area contributed by atoms with Gasteiger partial charge in [-0.15, -0.1) is 4.73 Å². The predicted molar refractivity (Wildman–Crippen MR) is 281 cm³/mol. The number of aromatic nitrogens is 1. The Morgan fingerprint density at radius 1 is 0.821 bits per heavy atom. The fourth-order valence-corrected chi connectivity index (χ4v) is 12.1. The molecule has 3 saturated heterocycles. The van der Waals surface area contributed by atoms with Gasteiger partial charge in [0.2, 0.25) is 17.5 Å². The molecule has 4 aliphatic heterocycles. The van der Waals surface area contributed by atoms with Crippen LogP contribution in [0.15, 0.2) is 59.7 Å². The van der Waals surface area contributed by atoms with E-state index in [0.717, 1.165) is 17.7 Å².